The first-order chi connectivity index (χ1) is 15.1. The summed E-state index contributed by atoms with van der Waals surface area (Å²) in [5.41, 5.74) is 0.315. The van der Waals surface area contributed by atoms with Gasteiger partial charge < -0.3 is 24.1 Å². The maximum atomic E-state index is 12.1. The first-order valence-corrected chi connectivity index (χ1v) is 11.3. The molecule has 0 aliphatic carbocycles. The molecular weight excluding hydrogens is 432 g/mol. The van der Waals surface area contributed by atoms with Crippen molar-refractivity contribution in [3.05, 3.63) is 53.1 Å². The van der Waals surface area contributed by atoms with Crippen molar-refractivity contribution in [3.63, 3.8) is 0 Å². The number of carboxylic acid groups (broad SMARTS) is 1. The number of benzene rings is 2. The van der Waals surface area contributed by atoms with E-state index in [1.165, 1.54) is 0 Å². The molecule has 2 aromatic rings. The molecule has 7 heteroatoms. The van der Waals surface area contributed by atoms with Crippen LogP contribution in [0.4, 0.5) is 0 Å². The summed E-state index contributed by atoms with van der Waals surface area (Å²) in [7, 11) is 0. The van der Waals surface area contributed by atoms with E-state index < -0.39 is 23.6 Å². The van der Waals surface area contributed by atoms with Crippen LogP contribution in [0.2, 0.25) is 5.02 Å². The van der Waals surface area contributed by atoms with Gasteiger partial charge in [0.25, 0.3) is 0 Å². The maximum absolute atomic E-state index is 12.1. The zero-order valence-electron chi connectivity index (χ0n) is 18.7. The third-order valence-electron chi connectivity index (χ3n) is 6.12. The van der Waals surface area contributed by atoms with Crippen molar-refractivity contribution in [2.24, 2.45) is 11.8 Å². The van der Waals surface area contributed by atoms with Crippen molar-refractivity contribution in [2.75, 3.05) is 6.61 Å². The molecule has 0 aromatic heterocycles. The van der Waals surface area contributed by atoms with E-state index in [1.54, 1.807) is 24.3 Å². The summed E-state index contributed by atoms with van der Waals surface area (Å²) in [6.45, 7) is 8.05. The lowest BCUT2D eigenvalue weighted by Gasteiger charge is -2.50. The summed E-state index contributed by atoms with van der Waals surface area (Å²) in [4.78, 5) is 12.1. The molecule has 4 rings (SSSR count). The van der Waals surface area contributed by atoms with Crippen molar-refractivity contribution in [2.45, 2.75) is 58.0 Å². The Labute approximate surface area is 193 Å². The second-order valence-electron chi connectivity index (χ2n) is 9.22. The van der Waals surface area contributed by atoms with E-state index in [-0.39, 0.29) is 24.7 Å². The van der Waals surface area contributed by atoms with Crippen LogP contribution in [0.15, 0.2) is 42.5 Å². The lowest BCUT2D eigenvalue weighted by Crippen LogP contribution is -2.53. The molecule has 1 N–H and O–H groups in total. The van der Waals surface area contributed by atoms with E-state index in [0.717, 1.165) is 11.3 Å². The highest BCUT2D eigenvalue weighted by Crippen LogP contribution is 2.52. The minimum Gasteiger partial charge on any atom is -0.491 e. The molecule has 1 fully saturated rings. The van der Waals surface area contributed by atoms with Gasteiger partial charge in [-0.2, -0.15) is 0 Å². The smallest absolute Gasteiger partial charge is 0.309 e. The van der Waals surface area contributed by atoms with Crippen LogP contribution in [0.1, 0.15) is 45.8 Å². The lowest BCUT2D eigenvalue weighted by atomic mass is 9.72. The number of carboxylic acids is 1. The van der Waals surface area contributed by atoms with Gasteiger partial charge in [0.2, 0.25) is 0 Å². The third-order valence-corrected chi connectivity index (χ3v) is 6.37. The number of halogens is 1. The Morgan fingerprint density at radius 1 is 1.19 bits per heavy atom. The first-order valence-electron chi connectivity index (χ1n) is 10.9. The van der Waals surface area contributed by atoms with Crippen LogP contribution in [0, 0.1) is 11.8 Å². The van der Waals surface area contributed by atoms with Gasteiger partial charge in [-0.05, 0) is 70.5 Å². The average molecular weight is 461 g/mol. The van der Waals surface area contributed by atoms with Crippen molar-refractivity contribution < 1.29 is 28.8 Å². The largest absolute Gasteiger partial charge is 0.491 e. The molecule has 0 radical (unpaired) electrons. The molecule has 0 unspecified atom stereocenters. The zero-order valence-corrected chi connectivity index (χ0v) is 19.5. The topological polar surface area (TPSA) is 74.2 Å². The molecule has 0 saturated carbocycles. The Kier molecular flexibility index (Phi) is 6.28. The van der Waals surface area contributed by atoms with Crippen molar-refractivity contribution in [1.82, 2.24) is 0 Å². The summed E-state index contributed by atoms with van der Waals surface area (Å²) in [5, 5.41) is 10.5. The van der Waals surface area contributed by atoms with E-state index in [9.17, 15) is 9.90 Å². The van der Waals surface area contributed by atoms with Crippen LogP contribution in [0.3, 0.4) is 0 Å². The number of hydrogen-bond acceptors (Lipinski definition) is 5. The summed E-state index contributed by atoms with van der Waals surface area (Å²) in [6, 6.07) is 12.7. The highest BCUT2D eigenvalue weighted by molar-refractivity contribution is 6.30. The Hall–Kier alpha value is -2.44. The minimum atomic E-state index is -0.893. The molecule has 0 spiro atoms. The summed E-state index contributed by atoms with van der Waals surface area (Å²) in [5.74, 6) is 0.356. The molecule has 0 bridgehead atoms. The number of fused-ring (bicyclic) bond motifs is 3. The van der Waals surface area contributed by atoms with Crippen LogP contribution in [-0.2, 0) is 9.53 Å². The fraction of sp³-hybridized carbons (Fsp3) is 0.480. The Bertz CT molecular complexity index is 971. The molecule has 2 aliphatic heterocycles. The van der Waals surface area contributed by atoms with Crippen molar-refractivity contribution >= 4 is 17.6 Å². The van der Waals surface area contributed by atoms with Crippen molar-refractivity contribution in [3.8, 4) is 17.2 Å². The van der Waals surface area contributed by atoms with Crippen LogP contribution in [0.25, 0.3) is 0 Å². The third kappa shape index (κ3) is 4.66. The molecule has 32 heavy (non-hydrogen) atoms. The number of aliphatic carboxylic acids is 1. The molecule has 4 atom stereocenters. The molecular formula is C25H29ClO6. The minimum absolute atomic E-state index is 0.0500. The quantitative estimate of drug-likeness (QED) is 0.611. The number of ether oxygens (including phenoxy) is 4. The molecule has 6 nitrogen and oxygen atoms in total. The monoisotopic (exact) mass is 460 g/mol. The number of hydrogen-bond donors (Lipinski definition) is 1. The Balaban J connectivity index is 1.60. The molecule has 2 aliphatic rings. The summed E-state index contributed by atoms with van der Waals surface area (Å²) >= 11 is 5.94. The average Bonchev–Trinajstić information content (AvgIpc) is 2.71. The highest BCUT2D eigenvalue weighted by atomic mass is 35.5. The standard InChI is InChI=1S/C25H29ClO6/c1-14(2)30-17-9-10-18-21(11-17)32-25(3,4)20-12-19(24(27)28)22(31-23(18)20)13-29-16-7-5-15(26)6-8-16/h5-11,14,19-20,22-23H,12-13H2,1-4H3,(H,27,28)/t19-,20+,22+,23-/m1/s1. The van der Waals surface area contributed by atoms with Gasteiger partial charge in [0.05, 0.1) is 18.1 Å². The van der Waals surface area contributed by atoms with Crippen LogP contribution < -0.4 is 14.2 Å². The van der Waals surface area contributed by atoms with Gasteiger partial charge in [0.1, 0.15) is 35.6 Å². The van der Waals surface area contributed by atoms with Gasteiger partial charge in [0.15, 0.2) is 0 Å². The van der Waals surface area contributed by atoms with Crippen molar-refractivity contribution in [1.29, 1.82) is 0 Å². The van der Waals surface area contributed by atoms with Crippen LogP contribution in [-0.4, -0.2) is 35.5 Å². The van der Waals surface area contributed by atoms with Gasteiger partial charge in [-0.25, -0.2) is 0 Å². The second-order valence-corrected chi connectivity index (χ2v) is 9.66. The normalized spacial score (nSPS) is 25.9. The molecule has 1 saturated heterocycles. The van der Waals surface area contributed by atoms with E-state index in [0.29, 0.717) is 22.9 Å². The zero-order chi connectivity index (χ0) is 23.0. The lowest BCUT2D eigenvalue weighted by molar-refractivity contribution is -0.192. The fourth-order valence-corrected chi connectivity index (χ4v) is 4.66. The highest BCUT2D eigenvalue weighted by Gasteiger charge is 2.52. The van der Waals surface area contributed by atoms with Gasteiger partial charge in [-0.1, -0.05) is 11.6 Å². The van der Waals surface area contributed by atoms with Crippen LogP contribution >= 0.6 is 11.6 Å². The number of rotatable bonds is 6. The number of carbonyl (C=O) groups is 1. The van der Waals surface area contributed by atoms with Gasteiger partial charge in [-0.3, -0.25) is 4.79 Å². The van der Waals surface area contributed by atoms with E-state index >= 15 is 0 Å². The maximum Gasteiger partial charge on any atom is 0.309 e. The SMILES string of the molecule is CC(C)Oc1ccc2c(c1)OC(C)(C)[C@H]1C[C@@H](C(=O)O)[C@H](COc3ccc(Cl)cc3)O[C@H]21. The molecule has 172 valence electrons. The molecule has 0 amide bonds. The van der Waals surface area contributed by atoms with E-state index in [4.69, 9.17) is 30.5 Å². The predicted octanol–water partition coefficient (Wildman–Crippen LogP) is 5.52. The summed E-state index contributed by atoms with van der Waals surface area (Å²) in [6.07, 6.45) is -0.409. The van der Waals surface area contributed by atoms with E-state index in [1.807, 2.05) is 45.9 Å². The molecule has 2 aromatic carbocycles. The van der Waals surface area contributed by atoms with E-state index in [2.05, 4.69) is 0 Å². The summed E-state index contributed by atoms with van der Waals surface area (Å²) < 4.78 is 24.4. The van der Waals surface area contributed by atoms with Crippen LogP contribution in [0.5, 0.6) is 17.2 Å². The van der Waals surface area contributed by atoms with Gasteiger partial charge >= 0.3 is 5.97 Å². The molecule has 2 heterocycles. The Morgan fingerprint density at radius 3 is 2.53 bits per heavy atom. The van der Waals surface area contributed by atoms with Gasteiger partial charge in [0, 0.05) is 22.6 Å². The second kappa shape index (κ2) is 8.83. The fourth-order valence-electron chi connectivity index (χ4n) is 4.53. The first kappa shape index (κ1) is 22.7. The van der Waals surface area contributed by atoms with Gasteiger partial charge in [-0.15, -0.1) is 0 Å². The Morgan fingerprint density at radius 2 is 1.88 bits per heavy atom. The predicted molar refractivity (Wildman–Crippen MR) is 121 cm³/mol.